The molecule has 0 bridgehead atoms. The van der Waals surface area contributed by atoms with Gasteiger partial charge in [0.1, 0.15) is 5.75 Å². The molecule has 0 fully saturated rings. The molecule has 0 heterocycles. The summed E-state index contributed by atoms with van der Waals surface area (Å²) in [6, 6.07) is 4.81. The summed E-state index contributed by atoms with van der Waals surface area (Å²) in [6.07, 6.45) is 3.14. The first-order valence-electron chi connectivity index (χ1n) is 6.35. The molecule has 0 saturated heterocycles. The second-order valence-corrected chi connectivity index (χ2v) is 5.63. The second-order valence-electron chi connectivity index (χ2n) is 4.21. The van der Waals surface area contributed by atoms with Crippen LogP contribution < -0.4 is 4.74 Å². The topological polar surface area (TPSA) is 89.9 Å². The molecule has 0 aromatic heterocycles. The van der Waals surface area contributed by atoms with Crippen LogP contribution in [0.1, 0.15) is 32.6 Å². The predicted molar refractivity (Wildman–Crippen MR) is 72.4 cm³/mol. The van der Waals surface area contributed by atoms with Gasteiger partial charge in [0, 0.05) is 0 Å². The first-order valence-corrected chi connectivity index (χ1v) is 7.79. The maximum atomic E-state index is 11.3. The third kappa shape index (κ3) is 6.03. The molecule has 1 aromatic carbocycles. The maximum Gasteiger partial charge on any atom is 0.513 e. The molecular weight excluding hydrogens is 284 g/mol. The Morgan fingerprint density at radius 3 is 2.35 bits per heavy atom. The molecule has 0 saturated carbocycles. The van der Waals surface area contributed by atoms with Crippen molar-refractivity contribution in [2.45, 2.75) is 37.5 Å². The molecule has 1 N–H and O–H groups in total. The standard InChI is InChI=1S/C13H18O6S/c1-2-3-4-5-10-18-13(14)19-11-6-8-12(9-7-11)20(15,16)17/h6-9H,2-5,10H2,1H3,(H,15,16,17). The number of benzene rings is 1. The van der Waals surface area contributed by atoms with Crippen LogP contribution in [0.25, 0.3) is 0 Å². The molecule has 0 radical (unpaired) electrons. The van der Waals surface area contributed by atoms with Gasteiger partial charge in [-0.15, -0.1) is 0 Å². The molecule has 0 aliphatic rings. The van der Waals surface area contributed by atoms with Crippen LogP contribution in [0.5, 0.6) is 5.75 Å². The Kier molecular flexibility index (Phi) is 6.47. The molecule has 7 heteroatoms. The first-order chi connectivity index (χ1) is 9.43. The smallest absolute Gasteiger partial charge is 0.434 e. The van der Waals surface area contributed by atoms with Crippen LogP contribution in [0.3, 0.4) is 0 Å². The fourth-order valence-electron chi connectivity index (χ4n) is 1.49. The van der Waals surface area contributed by atoms with Crippen LogP contribution in [0, 0.1) is 0 Å². The van der Waals surface area contributed by atoms with Crippen molar-refractivity contribution in [1.29, 1.82) is 0 Å². The van der Waals surface area contributed by atoms with Gasteiger partial charge in [-0.3, -0.25) is 4.55 Å². The molecule has 1 aromatic rings. The average molecular weight is 302 g/mol. The van der Waals surface area contributed by atoms with E-state index in [1.54, 1.807) is 0 Å². The molecule has 112 valence electrons. The average Bonchev–Trinajstić information content (AvgIpc) is 2.38. The highest BCUT2D eigenvalue weighted by molar-refractivity contribution is 7.85. The van der Waals surface area contributed by atoms with Gasteiger partial charge in [0.2, 0.25) is 0 Å². The monoisotopic (exact) mass is 302 g/mol. The summed E-state index contributed by atoms with van der Waals surface area (Å²) in [5.41, 5.74) is 0. The fourth-order valence-corrected chi connectivity index (χ4v) is 1.97. The van der Waals surface area contributed by atoms with Gasteiger partial charge in [-0.2, -0.15) is 8.42 Å². The van der Waals surface area contributed by atoms with Crippen LogP contribution in [-0.4, -0.2) is 25.7 Å². The summed E-state index contributed by atoms with van der Waals surface area (Å²) >= 11 is 0. The summed E-state index contributed by atoms with van der Waals surface area (Å²) in [5, 5.41) is 0. The van der Waals surface area contributed by atoms with E-state index in [1.165, 1.54) is 12.1 Å². The van der Waals surface area contributed by atoms with E-state index < -0.39 is 16.3 Å². The summed E-state index contributed by atoms with van der Waals surface area (Å²) < 4.78 is 40.1. The van der Waals surface area contributed by atoms with E-state index in [1.807, 2.05) is 0 Å². The fraction of sp³-hybridized carbons (Fsp3) is 0.462. The largest absolute Gasteiger partial charge is 0.513 e. The number of hydrogen-bond donors (Lipinski definition) is 1. The number of carbonyl (C=O) groups is 1. The number of carbonyl (C=O) groups excluding carboxylic acids is 1. The van der Waals surface area contributed by atoms with Crippen molar-refractivity contribution in [2.75, 3.05) is 6.61 Å². The van der Waals surface area contributed by atoms with Gasteiger partial charge in [-0.1, -0.05) is 26.2 Å². The quantitative estimate of drug-likeness (QED) is 0.360. The van der Waals surface area contributed by atoms with Gasteiger partial charge in [0.05, 0.1) is 11.5 Å². The zero-order valence-electron chi connectivity index (χ0n) is 11.2. The van der Waals surface area contributed by atoms with Crippen LogP contribution in [-0.2, 0) is 14.9 Å². The van der Waals surface area contributed by atoms with Crippen molar-refractivity contribution in [2.24, 2.45) is 0 Å². The highest BCUT2D eigenvalue weighted by atomic mass is 32.2. The van der Waals surface area contributed by atoms with Crippen molar-refractivity contribution in [3.05, 3.63) is 24.3 Å². The maximum absolute atomic E-state index is 11.3. The molecule has 0 aliphatic carbocycles. The predicted octanol–water partition coefficient (Wildman–Crippen LogP) is 3.03. The Morgan fingerprint density at radius 2 is 1.80 bits per heavy atom. The third-order valence-electron chi connectivity index (χ3n) is 2.54. The number of hydrogen-bond acceptors (Lipinski definition) is 5. The molecule has 0 aliphatic heterocycles. The van der Waals surface area contributed by atoms with Gasteiger partial charge in [0.15, 0.2) is 0 Å². The minimum atomic E-state index is -4.24. The Hall–Kier alpha value is -1.60. The lowest BCUT2D eigenvalue weighted by Crippen LogP contribution is -2.11. The van der Waals surface area contributed by atoms with E-state index in [0.29, 0.717) is 6.61 Å². The second kappa shape index (κ2) is 7.86. The van der Waals surface area contributed by atoms with E-state index in [4.69, 9.17) is 14.0 Å². The van der Waals surface area contributed by atoms with Crippen molar-refractivity contribution in [1.82, 2.24) is 0 Å². The zero-order valence-corrected chi connectivity index (χ0v) is 12.1. The Bertz CT molecular complexity index is 520. The first kappa shape index (κ1) is 16.5. The van der Waals surface area contributed by atoms with Gasteiger partial charge in [-0.05, 0) is 30.7 Å². The molecular formula is C13H18O6S. The third-order valence-corrected chi connectivity index (χ3v) is 3.41. The summed E-state index contributed by atoms with van der Waals surface area (Å²) in [6.45, 7) is 2.38. The molecule has 6 nitrogen and oxygen atoms in total. The molecule has 0 atom stereocenters. The number of unbranched alkanes of at least 4 members (excludes halogenated alkanes) is 3. The lowest BCUT2D eigenvalue weighted by molar-refractivity contribution is 0.0973. The van der Waals surface area contributed by atoms with E-state index in [2.05, 4.69) is 6.92 Å². The summed E-state index contributed by atoms with van der Waals surface area (Å²) in [7, 11) is -4.24. The highest BCUT2D eigenvalue weighted by Crippen LogP contribution is 2.16. The normalized spacial score (nSPS) is 11.1. The SMILES string of the molecule is CCCCCCOC(=O)Oc1ccc(S(=O)(=O)O)cc1. The van der Waals surface area contributed by atoms with Crippen molar-refractivity contribution >= 4 is 16.3 Å². The highest BCUT2D eigenvalue weighted by Gasteiger charge is 2.10. The summed E-state index contributed by atoms with van der Waals surface area (Å²) in [5.74, 6) is 0.149. The van der Waals surface area contributed by atoms with Crippen LogP contribution in [0.4, 0.5) is 4.79 Å². The van der Waals surface area contributed by atoms with E-state index in [-0.39, 0.29) is 10.6 Å². The minimum Gasteiger partial charge on any atom is -0.434 e. The van der Waals surface area contributed by atoms with Crippen LogP contribution in [0.2, 0.25) is 0 Å². The number of rotatable bonds is 7. The molecule has 20 heavy (non-hydrogen) atoms. The molecule has 0 amide bonds. The Labute approximate surface area is 118 Å². The van der Waals surface area contributed by atoms with Crippen molar-refractivity contribution < 1.29 is 27.2 Å². The van der Waals surface area contributed by atoms with E-state index in [0.717, 1.165) is 37.8 Å². The Morgan fingerprint density at radius 1 is 1.15 bits per heavy atom. The summed E-state index contributed by atoms with van der Waals surface area (Å²) in [4.78, 5) is 11.0. The van der Waals surface area contributed by atoms with E-state index >= 15 is 0 Å². The van der Waals surface area contributed by atoms with Gasteiger partial charge in [0.25, 0.3) is 10.1 Å². The van der Waals surface area contributed by atoms with E-state index in [9.17, 15) is 13.2 Å². The molecule has 0 unspecified atom stereocenters. The lowest BCUT2D eigenvalue weighted by Gasteiger charge is -2.06. The van der Waals surface area contributed by atoms with Gasteiger partial charge in [-0.25, -0.2) is 4.79 Å². The molecule has 1 rings (SSSR count). The van der Waals surface area contributed by atoms with Crippen molar-refractivity contribution in [3.63, 3.8) is 0 Å². The van der Waals surface area contributed by atoms with Gasteiger partial charge < -0.3 is 9.47 Å². The van der Waals surface area contributed by atoms with Gasteiger partial charge >= 0.3 is 6.16 Å². The lowest BCUT2D eigenvalue weighted by atomic mass is 10.2. The Balaban J connectivity index is 2.39. The van der Waals surface area contributed by atoms with Crippen LogP contribution in [0.15, 0.2) is 29.2 Å². The van der Waals surface area contributed by atoms with Crippen molar-refractivity contribution in [3.8, 4) is 5.75 Å². The number of ether oxygens (including phenoxy) is 2. The molecule has 0 spiro atoms. The zero-order chi connectivity index (χ0) is 15.0. The van der Waals surface area contributed by atoms with Crippen LogP contribution >= 0.6 is 0 Å². The minimum absolute atomic E-state index is 0.149.